The molecule has 0 amide bonds. The molecule has 4 rings (SSSR count). The van der Waals surface area contributed by atoms with Crippen LogP contribution in [0.3, 0.4) is 0 Å². The van der Waals surface area contributed by atoms with E-state index in [-0.39, 0.29) is 6.10 Å². The van der Waals surface area contributed by atoms with Gasteiger partial charge in [0.05, 0.1) is 17.8 Å². The largest absolute Gasteiger partial charge is 0.368 e. The van der Waals surface area contributed by atoms with Gasteiger partial charge in [-0.05, 0) is 17.7 Å². The predicted molar refractivity (Wildman–Crippen MR) is 75.9 cm³/mol. The molecule has 2 heteroatoms. The van der Waals surface area contributed by atoms with Crippen molar-refractivity contribution in [3.8, 4) is 11.3 Å². The van der Waals surface area contributed by atoms with Crippen molar-refractivity contribution in [2.24, 2.45) is 0 Å². The lowest BCUT2D eigenvalue weighted by Gasteiger charge is -2.08. The smallest absolute Gasteiger partial charge is 0.107 e. The number of hydrogen-bond acceptors (Lipinski definition) is 2. The van der Waals surface area contributed by atoms with Crippen molar-refractivity contribution < 1.29 is 4.74 Å². The average molecular weight is 247 g/mol. The van der Waals surface area contributed by atoms with Crippen molar-refractivity contribution in [3.05, 3.63) is 66.2 Å². The molecule has 92 valence electrons. The lowest BCUT2D eigenvalue weighted by Crippen LogP contribution is -1.91. The quantitative estimate of drug-likeness (QED) is 0.640. The number of benzene rings is 2. The lowest BCUT2D eigenvalue weighted by atomic mass is 10.0. The molecule has 0 saturated carbocycles. The molecule has 1 atom stereocenters. The van der Waals surface area contributed by atoms with Gasteiger partial charge in [-0.25, -0.2) is 4.98 Å². The van der Waals surface area contributed by atoms with Gasteiger partial charge in [0.15, 0.2) is 0 Å². The van der Waals surface area contributed by atoms with Crippen molar-refractivity contribution in [3.63, 3.8) is 0 Å². The molecule has 0 radical (unpaired) electrons. The van der Waals surface area contributed by atoms with Crippen LogP contribution in [0, 0.1) is 0 Å². The fourth-order valence-electron chi connectivity index (χ4n) is 2.45. The lowest BCUT2D eigenvalue weighted by molar-refractivity contribution is 0.417. The van der Waals surface area contributed by atoms with Crippen LogP contribution in [0.25, 0.3) is 22.2 Å². The summed E-state index contributed by atoms with van der Waals surface area (Å²) in [7, 11) is 0. The van der Waals surface area contributed by atoms with E-state index in [1.165, 1.54) is 10.9 Å². The maximum atomic E-state index is 5.47. The van der Waals surface area contributed by atoms with Gasteiger partial charge < -0.3 is 4.74 Å². The summed E-state index contributed by atoms with van der Waals surface area (Å²) in [6.45, 7) is 0.822. The standard InChI is InChI=1S/C17H13NO/c1-2-6-12(7-3-1)16-10-14(17-11-19-17)13-8-4-5-9-15(13)18-16/h1-10,17H,11H2/t17-/m0/s1. The number of ether oxygens (including phenoxy) is 1. The van der Waals surface area contributed by atoms with Gasteiger partial charge in [0, 0.05) is 10.9 Å². The van der Waals surface area contributed by atoms with Crippen LogP contribution in [0.15, 0.2) is 60.7 Å². The molecule has 1 saturated heterocycles. The van der Waals surface area contributed by atoms with Crippen molar-refractivity contribution in [2.75, 3.05) is 6.61 Å². The van der Waals surface area contributed by atoms with Crippen LogP contribution < -0.4 is 0 Å². The van der Waals surface area contributed by atoms with E-state index >= 15 is 0 Å². The second kappa shape index (κ2) is 4.18. The second-order valence-electron chi connectivity index (χ2n) is 4.80. The Bertz CT molecular complexity index is 733. The molecule has 1 aromatic heterocycles. The normalized spacial score (nSPS) is 17.6. The Hall–Kier alpha value is -2.19. The monoisotopic (exact) mass is 247 g/mol. The van der Waals surface area contributed by atoms with Gasteiger partial charge in [-0.15, -0.1) is 0 Å². The molecule has 2 heterocycles. The highest BCUT2D eigenvalue weighted by Gasteiger charge is 2.27. The molecule has 2 aromatic carbocycles. The minimum absolute atomic E-state index is 0.246. The summed E-state index contributed by atoms with van der Waals surface area (Å²) in [5.74, 6) is 0. The Labute approximate surface area is 111 Å². The Morgan fingerprint density at radius 2 is 1.68 bits per heavy atom. The first kappa shape index (κ1) is 10.7. The van der Waals surface area contributed by atoms with Gasteiger partial charge in [0.2, 0.25) is 0 Å². The molecule has 0 spiro atoms. The van der Waals surface area contributed by atoms with E-state index in [0.29, 0.717) is 0 Å². The summed E-state index contributed by atoms with van der Waals surface area (Å²) in [6.07, 6.45) is 0.246. The highest BCUT2D eigenvalue weighted by molar-refractivity contribution is 5.85. The third-order valence-electron chi connectivity index (χ3n) is 3.50. The van der Waals surface area contributed by atoms with Gasteiger partial charge in [-0.1, -0.05) is 48.5 Å². The molecule has 19 heavy (non-hydrogen) atoms. The van der Waals surface area contributed by atoms with E-state index in [1.54, 1.807) is 0 Å². The van der Waals surface area contributed by atoms with Crippen molar-refractivity contribution >= 4 is 10.9 Å². The molecule has 1 aliphatic rings. The molecule has 0 unspecified atom stereocenters. The number of fused-ring (bicyclic) bond motifs is 1. The average Bonchev–Trinajstić information content (AvgIpc) is 3.32. The molecule has 1 fully saturated rings. The van der Waals surface area contributed by atoms with Crippen LogP contribution in [-0.2, 0) is 4.74 Å². The van der Waals surface area contributed by atoms with Gasteiger partial charge >= 0.3 is 0 Å². The van der Waals surface area contributed by atoms with Crippen LogP contribution in [0.1, 0.15) is 11.7 Å². The number of hydrogen-bond donors (Lipinski definition) is 0. The zero-order valence-corrected chi connectivity index (χ0v) is 10.4. The molecule has 3 aromatic rings. The Kier molecular flexibility index (Phi) is 2.35. The van der Waals surface area contributed by atoms with E-state index in [2.05, 4.69) is 36.4 Å². The summed E-state index contributed by atoms with van der Waals surface area (Å²) < 4.78 is 5.47. The molecule has 1 aliphatic heterocycles. The summed E-state index contributed by atoms with van der Waals surface area (Å²) in [4.78, 5) is 4.76. The van der Waals surface area contributed by atoms with Crippen LogP contribution in [0.5, 0.6) is 0 Å². The molecule has 0 aliphatic carbocycles. The Morgan fingerprint density at radius 1 is 0.947 bits per heavy atom. The second-order valence-corrected chi connectivity index (χ2v) is 4.80. The zero-order valence-electron chi connectivity index (χ0n) is 10.4. The first-order chi connectivity index (χ1) is 9.42. The summed E-state index contributed by atoms with van der Waals surface area (Å²) in [6, 6.07) is 20.7. The highest BCUT2D eigenvalue weighted by atomic mass is 16.6. The zero-order chi connectivity index (χ0) is 12.7. The SMILES string of the molecule is c1ccc(-c2cc([C@@H]3CO3)c3ccccc3n2)cc1. The summed E-state index contributed by atoms with van der Waals surface area (Å²) >= 11 is 0. The van der Waals surface area contributed by atoms with Gasteiger partial charge in [0.1, 0.15) is 6.10 Å². The third-order valence-corrected chi connectivity index (χ3v) is 3.50. The fourth-order valence-corrected chi connectivity index (χ4v) is 2.45. The fraction of sp³-hybridized carbons (Fsp3) is 0.118. The van der Waals surface area contributed by atoms with Crippen molar-refractivity contribution in [2.45, 2.75) is 6.10 Å². The molecule has 0 N–H and O–H groups in total. The molecular weight excluding hydrogens is 234 g/mol. The maximum Gasteiger partial charge on any atom is 0.107 e. The van der Waals surface area contributed by atoms with E-state index in [0.717, 1.165) is 23.4 Å². The van der Waals surface area contributed by atoms with Crippen molar-refractivity contribution in [1.29, 1.82) is 0 Å². The maximum absolute atomic E-state index is 5.47. The minimum atomic E-state index is 0.246. The summed E-state index contributed by atoms with van der Waals surface area (Å²) in [5, 5.41) is 1.20. The van der Waals surface area contributed by atoms with E-state index in [4.69, 9.17) is 9.72 Å². The van der Waals surface area contributed by atoms with Crippen LogP contribution in [0.4, 0.5) is 0 Å². The number of pyridine rings is 1. The Balaban J connectivity index is 1.98. The first-order valence-electron chi connectivity index (χ1n) is 6.48. The first-order valence-corrected chi connectivity index (χ1v) is 6.48. The van der Waals surface area contributed by atoms with Gasteiger partial charge in [0.25, 0.3) is 0 Å². The highest BCUT2D eigenvalue weighted by Crippen LogP contribution is 2.36. The van der Waals surface area contributed by atoms with E-state index < -0.39 is 0 Å². The Morgan fingerprint density at radius 3 is 2.47 bits per heavy atom. The number of nitrogens with zero attached hydrogens (tertiary/aromatic N) is 1. The minimum Gasteiger partial charge on any atom is -0.368 e. The predicted octanol–water partition coefficient (Wildman–Crippen LogP) is 3.97. The molecule has 2 nitrogen and oxygen atoms in total. The van der Waals surface area contributed by atoms with E-state index in [1.807, 2.05) is 24.3 Å². The number of aromatic nitrogens is 1. The topological polar surface area (TPSA) is 25.4 Å². The number of para-hydroxylation sites is 1. The summed E-state index contributed by atoms with van der Waals surface area (Å²) in [5.41, 5.74) is 4.46. The van der Waals surface area contributed by atoms with Crippen LogP contribution in [0.2, 0.25) is 0 Å². The van der Waals surface area contributed by atoms with Gasteiger partial charge in [-0.2, -0.15) is 0 Å². The van der Waals surface area contributed by atoms with E-state index in [9.17, 15) is 0 Å². The van der Waals surface area contributed by atoms with Crippen LogP contribution in [-0.4, -0.2) is 11.6 Å². The van der Waals surface area contributed by atoms with Crippen LogP contribution >= 0.6 is 0 Å². The molecular formula is C17H13NO. The number of rotatable bonds is 2. The third kappa shape index (κ3) is 1.90. The van der Waals surface area contributed by atoms with Crippen molar-refractivity contribution in [1.82, 2.24) is 4.98 Å². The van der Waals surface area contributed by atoms with Gasteiger partial charge in [-0.3, -0.25) is 0 Å². The number of epoxide rings is 1. The molecule has 0 bridgehead atoms.